The van der Waals surface area contributed by atoms with E-state index in [-0.39, 0.29) is 5.82 Å². The Balaban J connectivity index is 2.10. The van der Waals surface area contributed by atoms with Gasteiger partial charge in [-0.05, 0) is 25.1 Å². The molecule has 0 aliphatic carbocycles. The first kappa shape index (κ1) is 11.9. The summed E-state index contributed by atoms with van der Waals surface area (Å²) in [6, 6.07) is 4.69. The van der Waals surface area contributed by atoms with Crippen LogP contribution in [0.2, 0.25) is 0 Å². The van der Waals surface area contributed by atoms with Crippen molar-refractivity contribution >= 4 is 17.4 Å². The molecule has 1 aromatic heterocycles. The van der Waals surface area contributed by atoms with E-state index < -0.39 is 0 Å². The molecule has 90 valence electrons. The number of nitrogen functional groups attached to an aromatic ring is 1. The molecule has 0 amide bonds. The number of benzene rings is 1. The number of anilines is 1. The van der Waals surface area contributed by atoms with Gasteiger partial charge in [-0.15, -0.1) is 22.0 Å². The minimum atomic E-state index is -0.297. The van der Waals surface area contributed by atoms with E-state index in [1.807, 2.05) is 18.5 Å². The Kier molecular flexibility index (Phi) is 3.33. The summed E-state index contributed by atoms with van der Waals surface area (Å²) in [5.74, 6) is 1.95. The minimum Gasteiger partial charge on any atom is -0.399 e. The van der Waals surface area contributed by atoms with Gasteiger partial charge in [-0.2, -0.15) is 0 Å². The lowest BCUT2D eigenvalue weighted by molar-refractivity contribution is 0.602. The molecule has 0 bridgehead atoms. The molecule has 1 aromatic carbocycles. The summed E-state index contributed by atoms with van der Waals surface area (Å²) >= 11 is 1.38. The zero-order chi connectivity index (χ0) is 12.4. The number of thioether (sulfide) groups is 1. The summed E-state index contributed by atoms with van der Waals surface area (Å²) in [6.45, 7) is 1.88. The monoisotopic (exact) mass is 252 g/mol. The average Bonchev–Trinajstić information content (AvgIpc) is 2.59. The lowest BCUT2D eigenvalue weighted by Gasteiger charge is -2.04. The van der Waals surface area contributed by atoms with Crippen LogP contribution < -0.4 is 5.73 Å². The van der Waals surface area contributed by atoms with Gasteiger partial charge in [-0.1, -0.05) is 0 Å². The number of aromatic nitrogens is 3. The van der Waals surface area contributed by atoms with Crippen molar-refractivity contribution in [3.63, 3.8) is 0 Å². The highest BCUT2D eigenvalue weighted by Crippen LogP contribution is 2.26. The molecule has 0 atom stereocenters. The Labute approximate surface area is 103 Å². The third-order valence-electron chi connectivity index (χ3n) is 2.50. The fourth-order valence-electron chi connectivity index (χ4n) is 1.35. The normalized spacial score (nSPS) is 10.8. The summed E-state index contributed by atoms with van der Waals surface area (Å²) in [5, 5.41) is 7.97. The van der Waals surface area contributed by atoms with E-state index in [0.29, 0.717) is 16.3 Å². The topological polar surface area (TPSA) is 56.7 Å². The summed E-state index contributed by atoms with van der Waals surface area (Å²) in [5.41, 5.74) is 5.92. The molecule has 0 aliphatic rings. The summed E-state index contributed by atoms with van der Waals surface area (Å²) in [4.78, 5) is 0.569. The summed E-state index contributed by atoms with van der Waals surface area (Å²) in [7, 11) is 1.89. The van der Waals surface area contributed by atoms with Crippen molar-refractivity contribution in [3.8, 4) is 0 Å². The van der Waals surface area contributed by atoms with Gasteiger partial charge in [-0.25, -0.2) is 4.39 Å². The Morgan fingerprint density at radius 3 is 2.76 bits per heavy atom. The Morgan fingerprint density at radius 1 is 1.41 bits per heavy atom. The predicted molar refractivity (Wildman–Crippen MR) is 66.1 cm³/mol. The molecule has 2 rings (SSSR count). The highest BCUT2D eigenvalue weighted by molar-refractivity contribution is 7.98. The molecule has 4 nitrogen and oxygen atoms in total. The Hall–Kier alpha value is -1.56. The molecule has 2 N–H and O–H groups in total. The van der Waals surface area contributed by atoms with E-state index in [2.05, 4.69) is 10.2 Å². The molecule has 17 heavy (non-hydrogen) atoms. The highest BCUT2D eigenvalue weighted by atomic mass is 32.2. The molecule has 0 saturated heterocycles. The van der Waals surface area contributed by atoms with Crippen molar-refractivity contribution in [3.05, 3.63) is 35.7 Å². The fourth-order valence-corrected chi connectivity index (χ4v) is 2.25. The maximum absolute atomic E-state index is 13.5. The van der Waals surface area contributed by atoms with E-state index in [1.165, 1.54) is 17.8 Å². The second kappa shape index (κ2) is 4.75. The second-order valence-electron chi connectivity index (χ2n) is 3.70. The van der Waals surface area contributed by atoms with E-state index in [4.69, 9.17) is 5.73 Å². The van der Waals surface area contributed by atoms with Gasteiger partial charge in [0.15, 0.2) is 0 Å². The molecule has 0 aliphatic heterocycles. The van der Waals surface area contributed by atoms with Crippen LogP contribution in [-0.2, 0) is 12.8 Å². The lowest BCUT2D eigenvalue weighted by atomic mass is 10.3. The van der Waals surface area contributed by atoms with Gasteiger partial charge in [0.2, 0.25) is 0 Å². The van der Waals surface area contributed by atoms with Crippen LogP contribution in [0.25, 0.3) is 0 Å². The van der Waals surface area contributed by atoms with Crippen LogP contribution in [0.15, 0.2) is 23.1 Å². The lowest BCUT2D eigenvalue weighted by Crippen LogP contribution is -1.98. The zero-order valence-electron chi connectivity index (χ0n) is 9.64. The maximum atomic E-state index is 13.5. The van der Waals surface area contributed by atoms with E-state index in [1.54, 1.807) is 12.1 Å². The third-order valence-corrected chi connectivity index (χ3v) is 3.54. The van der Waals surface area contributed by atoms with Crippen LogP contribution in [0.1, 0.15) is 11.6 Å². The number of hydrogen-bond acceptors (Lipinski definition) is 4. The molecule has 0 radical (unpaired) electrons. The van der Waals surface area contributed by atoms with E-state index >= 15 is 0 Å². The van der Waals surface area contributed by atoms with Gasteiger partial charge in [0.05, 0.1) is 5.75 Å². The highest BCUT2D eigenvalue weighted by Gasteiger charge is 2.08. The first-order valence-corrected chi connectivity index (χ1v) is 6.09. The molecular weight excluding hydrogens is 239 g/mol. The molecule has 0 spiro atoms. The van der Waals surface area contributed by atoms with Crippen LogP contribution in [0.5, 0.6) is 0 Å². The average molecular weight is 252 g/mol. The van der Waals surface area contributed by atoms with Crippen molar-refractivity contribution in [2.75, 3.05) is 5.73 Å². The van der Waals surface area contributed by atoms with Crippen molar-refractivity contribution < 1.29 is 4.39 Å². The van der Waals surface area contributed by atoms with Gasteiger partial charge in [0, 0.05) is 17.6 Å². The molecule has 1 heterocycles. The number of halogens is 1. The van der Waals surface area contributed by atoms with Crippen molar-refractivity contribution in [1.82, 2.24) is 14.8 Å². The van der Waals surface area contributed by atoms with Gasteiger partial charge < -0.3 is 10.3 Å². The van der Waals surface area contributed by atoms with E-state index in [0.717, 1.165) is 11.6 Å². The van der Waals surface area contributed by atoms with Crippen LogP contribution in [-0.4, -0.2) is 14.8 Å². The largest absolute Gasteiger partial charge is 0.399 e. The van der Waals surface area contributed by atoms with Gasteiger partial charge in [-0.3, -0.25) is 0 Å². The fraction of sp³-hybridized carbons (Fsp3) is 0.273. The molecule has 2 aromatic rings. The molecule has 6 heteroatoms. The first-order chi connectivity index (χ1) is 8.08. The summed E-state index contributed by atoms with van der Waals surface area (Å²) in [6.07, 6.45) is 0. The van der Waals surface area contributed by atoms with Crippen molar-refractivity contribution in [2.45, 2.75) is 17.6 Å². The zero-order valence-corrected chi connectivity index (χ0v) is 10.5. The predicted octanol–water partition coefficient (Wildman–Crippen LogP) is 2.14. The quantitative estimate of drug-likeness (QED) is 0.671. The molecule has 0 unspecified atom stereocenters. The SMILES string of the molecule is Cc1nnc(CSc2ccc(N)cc2F)n1C. The van der Waals surface area contributed by atoms with Crippen LogP contribution in [0.4, 0.5) is 10.1 Å². The van der Waals surface area contributed by atoms with Crippen molar-refractivity contribution in [1.29, 1.82) is 0 Å². The minimum absolute atomic E-state index is 0.297. The molecular formula is C11H13FN4S. The number of hydrogen-bond donors (Lipinski definition) is 1. The molecule has 0 saturated carbocycles. The van der Waals surface area contributed by atoms with Crippen LogP contribution in [0.3, 0.4) is 0 Å². The molecule has 0 fully saturated rings. The second-order valence-corrected chi connectivity index (χ2v) is 4.72. The number of rotatable bonds is 3. The standard InChI is InChI=1S/C11H13FN4S/c1-7-14-15-11(16(7)2)6-17-10-4-3-8(13)5-9(10)12/h3-5H,6,13H2,1-2H3. The number of nitrogens with zero attached hydrogens (tertiary/aromatic N) is 3. The van der Waals surface area contributed by atoms with Crippen molar-refractivity contribution in [2.24, 2.45) is 7.05 Å². The van der Waals surface area contributed by atoms with Crippen LogP contribution in [0, 0.1) is 12.7 Å². The smallest absolute Gasteiger partial charge is 0.143 e. The maximum Gasteiger partial charge on any atom is 0.143 e. The van der Waals surface area contributed by atoms with Gasteiger partial charge >= 0.3 is 0 Å². The van der Waals surface area contributed by atoms with Gasteiger partial charge in [0.25, 0.3) is 0 Å². The van der Waals surface area contributed by atoms with Gasteiger partial charge in [0.1, 0.15) is 17.5 Å². The van der Waals surface area contributed by atoms with Crippen LogP contribution >= 0.6 is 11.8 Å². The van der Waals surface area contributed by atoms with E-state index in [9.17, 15) is 4.39 Å². The Morgan fingerprint density at radius 2 is 2.18 bits per heavy atom. The first-order valence-electron chi connectivity index (χ1n) is 5.10. The number of nitrogens with two attached hydrogens (primary N) is 1. The third kappa shape index (κ3) is 2.58. The summed E-state index contributed by atoms with van der Waals surface area (Å²) < 4.78 is 15.4. The Bertz CT molecular complexity index is 538. The number of aryl methyl sites for hydroxylation is 1.